The summed E-state index contributed by atoms with van der Waals surface area (Å²) >= 11 is 0. The molecule has 1 aromatic heterocycles. The van der Waals surface area contributed by atoms with Crippen LogP contribution in [-0.2, 0) is 6.42 Å². The van der Waals surface area contributed by atoms with E-state index in [0.29, 0.717) is 5.92 Å². The van der Waals surface area contributed by atoms with E-state index < -0.39 is 0 Å². The van der Waals surface area contributed by atoms with E-state index in [4.69, 9.17) is 0 Å². The van der Waals surface area contributed by atoms with Crippen LogP contribution in [0.2, 0.25) is 0 Å². The van der Waals surface area contributed by atoms with E-state index in [0.717, 1.165) is 17.9 Å². The van der Waals surface area contributed by atoms with Crippen molar-refractivity contribution in [2.45, 2.75) is 26.2 Å². The number of hydrogen-bond acceptors (Lipinski definition) is 2. The maximum Gasteiger partial charge on any atom is 0.125 e. The molecular weight excluding hydrogens is 196 g/mol. The summed E-state index contributed by atoms with van der Waals surface area (Å²) in [6, 6.07) is 8.56. The molecule has 1 heterocycles. The summed E-state index contributed by atoms with van der Waals surface area (Å²) in [4.78, 5) is 8.87. The number of nitrogens with zero attached hydrogens (tertiary/aromatic N) is 2. The third-order valence-corrected chi connectivity index (χ3v) is 3.26. The summed E-state index contributed by atoms with van der Waals surface area (Å²) < 4.78 is 0. The van der Waals surface area contributed by atoms with Gasteiger partial charge in [-0.3, -0.25) is 0 Å². The van der Waals surface area contributed by atoms with E-state index in [1.54, 1.807) is 0 Å². The molecule has 0 N–H and O–H groups in total. The Kier molecular flexibility index (Phi) is 2.03. The second kappa shape index (κ2) is 3.41. The van der Waals surface area contributed by atoms with Crippen LogP contribution in [0.25, 0.3) is 11.3 Å². The van der Waals surface area contributed by atoms with Crippen molar-refractivity contribution in [3.05, 3.63) is 47.4 Å². The Labute approximate surface area is 95.4 Å². The molecule has 0 spiro atoms. The number of benzene rings is 1. The van der Waals surface area contributed by atoms with Crippen LogP contribution >= 0.6 is 0 Å². The third kappa shape index (κ3) is 1.33. The second-order valence-corrected chi connectivity index (χ2v) is 4.48. The summed E-state index contributed by atoms with van der Waals surface area (Å²) in [6.07, 6.45) is 3.02. The zero-order valence-electron chi connectivity index (χ0n) is 9.57. The van der Waals surface area contributed by atoms with Gasteiger partial charge in [-0.25, -0.2) is 9.97 Å². The minimum Gasteiger partial charge on any atom is -0.241 e. The van der Waals surface area contributed by atoms with Crippen LogP contribution < -0.4 is 0 Å². The number of aromatic nitrogens is 2. The van der Waals surface area contributed by atoms with E-state index in [9.17, 15) is 0 Å². The van der Waals surface area contributed by atoms with Crippen molar-refractivity contribution in [1.82, 2.24) is 9.97 Å². The number of aryl methyl sites for hydroxylation is 1. The van der Waals surface area contributed by atoms with Gasteiger partial charge in [0.25, 0.3) is 0 Å². The second-order valence-electron chi connectivity index (χ2n) is 4.48. The third-order valence-electron chi connectivity index (χ3n) is 3.26. The van der Waals surface area contributed by atoms with Crippen molar-refractivity contribution in [3.8, 4) is 11.3 Å². The largest absolute Gasteiger partial charge is 0.241 e. The molecule has 1 aromatic carbocycles. The first-order valence-electron chi connectivity index (χ1n) is 5.67. The van der Waals surface area contributed by atoms with Gasteiger partial charge in [-0.05, 0) is 30.4 Å². The molecule has 0 amide bonds. The number of hydrogen-bond donors (Lipinski definition) is 0. The lowest BCUT2D eigenvalue weighted by Gasteiger charge is -2.24. The predicted molar refractivity (Wildman–Crippen MR) is 64.3 cm³/mol. The van der Waals surface area contributed by atoms with Crippen molar-refractivity contribution < 1.29 is 0 Å². The van der Waals surface area contributed by atoms with Crippen molar-refractivity contribution >= 4 is 0 Å². The van der Waals surface area contributed by atoms with E-state index in [-0.39, 0.29) is 0 Å². The predicted octanol–water partition coefficient (Wildman–Crippen LogP) is 3.11. The Morgan fingerprint density at radius 2 is 2.06 bits per heavy atom. The SMILES string of the molecule is Cc1ncc2c(n1)-c1ccccc1C(C)C2. The van der Waals surface area contributed by atoms with Crippen LogP contribution in [0.15, 0.2) is 30.5 Å². The van der Waals surface area contributed by atoms with Gasteiger partial charge in [0.15, 0.2) is 0 Å². The van der Waals surface area contributed by atoms with Crippen LogP contribution in [0.5, 0.6) is 0 Å². The smallest absolute Gasteiger partial charge is 0.125 e. The standard InChI is InChI=1S/C14H14N2/c1-9-7-11-8-15-10(2)16-14(11)13-6-4-3-5-12(9)13/h3-6,8-9H,7H2,1-2H3. The lowest BCUT2D eigenvalue weighted by Crippen LogP contribution is -2.11. The van der Waals surface area contributed by atoms with Crippen molar-refractivity contribution in [1.29, 1.82) is 0 Å². The van der Waals surface area contributed by atoms with E-state index in [2.05, 4.69) is 41.2 Å². The summed E-state index contributed by atoms with van der Waals surface area (Å²) in [7, 11) is 0. The molecule has 80 valence electrons. The molecule has 0 saturated carbocycles. The highest BCUT2D eigenvalue weighted by atomic mass is 14.9. The summed E-state index contributed by atoms with van der Waals surface area (Å²) in [5.74, 6) is 1.41. The molecule has 1 unspecified atom stereocenters. The average Bonchev–Trinajstić information content (AvgIpc) is 2.31. The van der Waals surface area contributed by atoms with Gasteiger partial charge >= 0.3 is 0 Å². The lowest BCUT2D eigenvalue weighted by atomic mass is 9.83. The fourth-order valence-electron chi connectivity index (χ4n) is 2.46. The first kappa shape index (κ1) is 9.52. The van der Waals surface area contributed by atoms with Gasteiger partial charge in [0.2, 0.25) is 0 Å². The van der Waals surface area contributed by atoms with Crippen LogP contribution in [0.1, 0.15) is 29.8 Å². The Bertz CT molecular complexity index is 546. The van der Waals surface area contributed by atoms with E-state index >= 15 is 0 Å². The van der Waals surface area contributed by atoms with Crippen LogP contribution in [0, 0.1) is 6.92 Å². The molecule has 0 saturated heterocycles. The van der Waals surface area contributed by atoms with Crippen LogP contribution in [0.3, 0.4) is 0 Å². The van der Waals surface area contributed by atoms with Crippen LogP contribution in [-0.4, -0.2) is 9.97 Å². The van der Waals surface area contributed by atoms with Gasteiger partial charge < -0.3 is 0 Å². The van der Waals surface area contributed by atoms with Gasteiger partial charge in [-0.2, -0.15) is 0 Å². The maximum absolute atomic E-state index is 4.58. The maximum atomic E-state index is 4.58. The molecule has 1 aliphatic carbocycles. The molecule has 0 aliphatic heterocycles. The molecule has 0 fully saturated rings. The fourth-order valence-corrected chi connectivity index (χ4v) is 2.46. The lowest BCUT2D eigenvalue weighted by molar-refractivity contribution is 0.737. The molecule has 1 atom stereocenters. The highest BCUT2D eigenvalue weighted by molar-refractivity contribution is 5.70. The quantitative estimate of drug-likeness (QED) is 0.667. The molecule has 0 radical (unpaired) electrons. The Balaban J connectivity index is 2.29. The number of fused-ring (bicyclic) bond motifs is 3. The first-order valence-corrected chi connectivity index (χ1v) is 5.67. The fraction of sp³-hybridized carbons (Fsp3) is 0.286. The Morgan fingerprint density at radius 3 is 2.94 bits per heavy atom. The molecule has 2 nitrogen and oxygen atoms in total. The molecular formula is C14H14N2. The highest BCUT2D eigenvalue weighted by Gasteiger charge is 2.22. The van der Waals surface area contributed by atoms with Crippen molar-refractivity contribution in [2.75, 3.05) is 0 Å². The van der Waals surface area contributed by atoms with E-state index in [1.807, 2.05) is 13.1 Å². The topological polar surface area (TPSA) is 25.8 Å². The Morgan fingerprint density at radius 1 is 1.25 bits per heavy atom. The van der Waals surface area contributed by atoms with Crippen LogP contribution in [0.4, 0.5) is 0 Å². The zero-order chi connectivity index (χ0) is 11.1. The van der Waals surface area contributed by atoms with Gasteiger partial charge in [0, 0.05) is 11.8 Å². The van der Waals surface area contributed by atoms with Crippen molar-refractivity contribution in [2.24, 2.45) is 0 Å². The van der Waals surface area contributed by atoms with Gasteiger partial charge in [-0.1, -0.05) is 31.2 Å². The van der Waals surface area contributed by atoms with Crippen molar-refractivity contribution in [3.63, 3.8) is 0 Å². The van der Waals surface area contributed by atoms with Gasteiger partial charge in [0.05, 0.1) is 5.69 Å². The van der Waals surface area contributed by atoms with E-state index in [1.165, 1.54) is 16.7 Å². The zero-order valence-corrected chi connectivity index (χ0v) is 9.57. The van der Waals surface area contributed by atoms with Gasteiger partial charge in [0.1, 0.15) is 5.82 Å². The molecule has 2 aromatic rings. The van der Waals surface area contributed by atoms with Gasteiger partial charge in [-0.15, -0.1) is 0 Å². The normalized spacial score (nSPS) is 17.8. The monoisotopic (exact) mass is 210 g/mol. The minimum atomic E-state index is 0.565. The highest BCUT2D eigenvalue weighted by Crippen LogP contribution is 2.37. The average molecular weight is 210 g/mol. The molecule has 2 heteroatoms. The molecule has 1 aliphatic rings. The number of rotatable bonds is 0. The molecule has 0 bridgehead atoms. The Hall–Kier alpha value is -1.70. The molecule has 3 rings (SSSR count). The minimum absolute atomic E-state index is 0.565. The summed E-state index contributed by atoms with van der Waals surface area (Å²) in [5.41, 5.74) is 5.09. The summed E-state index contributed by atoms with van der Waals surface area (Å²) in [6.45, 7) is 4.21. The first-order chi connectivity index (χ1) is 7.75. The summed E-state index contributed by atoms with van der Waals surface area (Å²) in [5, 5.41) is 0. The molecule has 16 heavy (non-hydrogen) atoms.